The molecule has 1 heterocycles. The summed E-state index contributed by atoms with van der Waals surface area (Å²) >= 11 is 1.57. The molecule has 0 aliphatic carbocycles. The van der Waals surface area contributed by atoms with Gasteiger partial charge in [-0.05, 0) is 19.1 Å². The van der Waals surface area contributed by atoms with Crippen molar-refractivity contribution in [1.82, 2.24) is 14.9 Å². The molecule has 1 aromatic heterocycles. The van der Waals surface area contributed by atoms with Gasteiger partial charge in [0.15, 0.2) is 0 Å². The molecule has 1 aromatic carbocycles. The fourth-order valence-corrected chi connectivity index (χ4v) is 2.63. The summed E-state index contributed by atoms with van der Waals surface area (Å²) < 4.78 is 0. The molecule has 0 spiro atoms. The van der Waals surface area contributed by atoms with Crippen LogP contribution in [0.3, 0.4) is 0 Å². The van der Waals surface area contributed by atoms with Crippen LogP contribution in [-0.2, 0) is 10.5 Å². The van der Waals surface area contributed by atoms with Crippen LogP contribution in [0.15, 0.2) is 24.3 Å². The van der Waals surface area contributed by atoms with Crippen molar-refractivity contribution in [2.45, 2.75) is 12.7 Å². The largest absolute Gasteiger partial charge is 0.348 e. The first-order valence-corrected chi connectivity index (χ1v) is 7.23. The molecule has 2 rings (SSSR count). The molecule has 19 heavy (non-hydrogen) atoms. The van der Waals surface area contributed by atoms with E-state index in [1.807, 2.05) is 31.2 Å². The number of hydrogen-bond donors (Lipinski definition) is 0. The van der Waals surface area contributed by atoms with Gasteiger partial charge < -0.3 is 4.90 Å². The molecule has 4 nitrogen and oxygen atoms in total. The van der Waals surface area contributed by atoms with Crippen molar-refractivity contribution in [3.8, 4) is 0 Å². The van der Waals surface area contributed by atoms with Crippen molar-refractivity contribution in [1.29, 1.82) is 0 Å². The highest BCUT2D eigenvalue weighted by molar-refractivity contribution is 7.99. The van der Waals surface area contributed by atoms with Gasteiger partial charge >= 0.3 is 0 Å². The molecule has 0 N–H and O–H groups in total. The highest BCUT2D eigenvalue weighted by atomic mass is 32.2. The van der Waals surface area contributed by atoms with Crippen LogP contribution in [0, 0.1) is 6.92 Å². The lowest BCUT2D eigenvalue weighted by atomic mass is 10.2. The minimum absolute atomic E-state index is 0.122. The standard InChI is InChI=1S/C14H17N3OS/c1-10-13(8-19-9-14(18)17(2)3)16-12-7-5-4-6-11(12)15-10/h4-7H,8-9H2,1-3H3. The monoisotopic (exact) mass is 275 g/mol. The van der Waals surface area contributed by atoms with Crippen molar-refractivity contribution in [3.63, 3.8) is 0 Å². The molecule has 0 fully saturated rings. The average Bonchev–Trinajstić information content (AvgIpc) is 2.39. The van der Waals surface area contributed by atoms with Crippen LogP contribution in [0.4, 0.5) is 0 Å². The molecule has 0 aliphatic rings. The number of benzene rings is 1. The van der Waals surface area contributed by atoms with Crippen LogP contribution in [0.5, 0.6) is 0 Å². The summed E-state index contributed by atoms with van der Waals surface area (Å²) in [4.78, 5) is 22.2. The van der Waals surface area contributed by atoms with E-state index in [2.05, 4.69) is 9.97 Å². The molecule has 0 unspecified atom stereocenters. The second-order valence-corrected chi connectivity index (χ2v) is 5.51. The number of carbonyl (C=O) groups excluding carboxylic acids is 1. The molecule has 1 amide bonds. The van der Waals surface area contributed by atoms with Crippen molar-refractivity contribution in [2.24, 2.45) is 0 Å². The fraction of sp³-hybridized carbons (Fsp3) is 0.357. The first-order valence-electron chi connectivity index (χ1n) is 6.08. The van der Waals surface area contributed by atoms with Crippen molar-refractivity contribution in [3.05, 3.63) is 35.7 Å². The van der Waals surface area contributed by atoms with E-state index in [1.54, 1.807) is 30.8 Å². The summed E-state index contributed by atoms with van der Waals surface area (Å²) in [5.74, 6) is 1.31. The molecule has 0 bridgehead atoms. The second-order valence-electron chi connectivity index (χ2n) is 4.53. The average molecular weight is 275 g/mol. The molecule has 0 saturated carbocycles. The number of fused-ring (bicyclic) bond motifs is 1. The molecule has 0 saturated heterocycles. The number of aromatic nitrogens is 2. The highest BCUT2D eigenvalue weighted by Gasteiger charge is 2.08. The summed E-state index contributed by atoms with van der Waals surface area (Å²) in [6.45, 7) is 1.96. The van der Waals surface area contributed by atoms with Gasteiger partial charge in [0.25, 0.3) is 0 Å². The van der Waals surface area contributed by atoms with Gasteiger partial charge in [0, 0.05) is 19.8 Å². The first kappa shape index (κ1) is 13.8. The summed E-state index contributed by atoms with van der Waals surface area (Å²) in [5, 5.41) is 0. The van der Waals surface area contributed by atoms with Gasteiger partial charge in [-0.3, -0.25) is 4.79 Å². The van der Waals surface area contributed by atoms with Crippen molar-refractivity contribution >= 4 is 28.7 Å². The van der Waals surface area contributed by atoms with Crippen LogP contribution >= 0.6 is 11.8 Å². The molecule has 0 atom stereocenters. The number of hydrogen-bond acceptors (Lipinski definition) is 4. The van der Waals surface area contributed by atoms with Gasteiger partial charge in [-0.15, -0.1) is 11.8 Å². The maximum Gasteiger partial charge on any atom is 0.232 e. The third-order valence-electron chi connectivity index (χ3n) is 2.81. The SMILES string of the molecule is Cc1nc2ccccc2nc1CSCC(=O)N(C)C. The lowest BCUT2D eigenvalue weighted by Crippen LogP contribution is -2.23. The Morgan fingerprint density at radius 3 is 2.47 bits per heavy atom. The maximum absolute atomic E-state index is 11.5. The minimum Gasteiger partial charge on any atom is -0.348 e. The number of para-hydroxylation sites is 2. The Labute approximate surface area is 117 Å². The molecule has 2 aromatic rings. The summed E-state index contributed by atoms with van der Waals surface area (Å²) in [5.41, 5.74) is 3.71. The van der Waals surface area contributed by atoms with Gasteiger partial charge in [-0.25, -0.2) is 9.97 Å². The Bertz CT molecular complexity index is 598. The molecule has 0 radical (unpaired) electrons. The van der Waals surface area contributed by atoms with E-state index in [1.165, 1.54) is 0 Å². The van der Waals surface area contributed by atoms with Crippen molar-refractivity contribution < 1.29 is 4.79 Å². The number of rotatable bonds is 4. The predicted molar refractivity (Wildman–Crippen MR) is 79.1 cm³/mol. The summed E-state index contributed by atoms with van der Waals surface area (Å²) in [7, 11) is 3.54. The van der Waals surface area contributed by atoms with Gasteiger partial charge in [0.1, 0.15) is 0 Å². The molecule has 100 valence electrons. The van der Waals surface area contributed by atoms with E-state index in [0.29, 0.717) is 11.5 Å². The lowest BCUT2D eigenvalue weighted by Gasteiger charge is -2.10. The molecular weight excluding hydrogens is 258 g/mol. The number of carbonyl (C=O) groups is 1. The number of aryl methyl sites for hydroxylation is 1. The number of amides is 1. The van der Waals surface area contributed by atoms with E-state index in [0.717, 1.165) is 22.4 Å². The van der Waals surface area contributed by atoms with Crippen LogP contribution in [0.1, 0.15) is 11.4 Å². The van der Waals surface area contributed by atoms with E-state index in [4.69, 9.17) is 0 Å². The smallest absolute Gasteiger partial charge is 0.232 e. The van der Waals surface area contributed by atoms with Gasteiger partial charge in [0.2, 0.25) is 5.91 Å². The zero-order chi connectivity index (χ0) is 13.8. The Hall–Kier alpha value is -1.62. The Kier molecular flexibility index (Phi) is 4.37. The Morgan fingerprint density at radius 1 is 1.21 bits per heavy atom. The third-order valence-corrected chi connectivity index (χ3v) is 3.73. The highest BCUT2D eigenvalue weighted by Crippen LogP contribution is 2.17. The van der Waals surface area contributed by atoms with Crippen molar-refractivity contribution in [2.75, 3.05) is 19.8 Å². The van der Waals surface area contributed by atoms with Crippen LogP contribution < -0.4 is 0 Å². The van der Waals surface area contributed by atoms with Crippen LogP contribution in [0.25, 0.3) is 11.0 Å². The van der Waals surface area contributed by atoms with E-state index < -0.39 is 0 Å². The van der Waals surface area contributed by atoms with Crippen LogP contribution in [-0.4, -0.2) is 40.6 Å². The lowest BCUT2D eigenvalue weighted by molar-refractivity contribution is -0.125. The summed E-state index contributed by atoms with van der Waals surface area (Å²) in [6, 6.07) is 7.84. The first-order chi connectivity index (χ1) is 9.08. The Balaban J connectivity index is 2.08. The summed E-state index contributed by atoms with van der Waals surface area (Å²) in [6.07, 6.45) is 0. The minimum atomic E-state index is 0.122. The van der Waals surface area contributed by atoms with Gasteiger partial charge in [-0.1, -0.05) is 12.1 Å². The normalized spacial score (nSPS) is 10.7. The van der Waals surface area contributed by atoms with E-state index >= 15 is 0 Å². The topological polar surface area (TPSA) is 46.1 Å². The van der Waals surface area contributed by atoms with Gasteiger partial charge in [-0.2, -0.15) is 0 Å². The molecule has 0 aliphatic heterocycles. The number of thioether (sulfide) groups is 1. The number of nitrogens with zero attached hydrogens (tertiary/aromatic N) is 3. The predicted octanol–water partition coefficient (Wildman–Crippen LogP) is 2.26. The third kappa shape index (κ3) is 3.44. The maximum atomic E-state index is 11.5. The second kappa shape index (κ2) is 6.02. The molecule has 5 heteroatoms. The zero-order valence-corrected chi connectivity index (χ0v) is 12.2. The Morgan fingerprint density at radius 2 is 1.84 bits per heavy atom. The fourth-order valence-electron chi connectivity index (χ4n) is 1.63. The van der Waals surface area contributed by atoms with E-state index in [-0.39, 0.29) is 5.91 Å². The van der Waals surface area contributed by atoms with Crippen LogP contribution in [0.2, 0.25) is 0 Å². The van der Waals surface area contributed by atoms with Gasteiger partial charge in [0.05, 0.1) is 28.2 Å². The quantitative estimate of drug-likeness (QED) is 0.858. The van der Waals surface area contributed by atoms with E-state index in [9.17, 15) is 4.79 Å². The zero-order valence-electron chi connectivity index (χ0n) is 11.4. The molecular formula is C14H17N3OS.